The molecule has 0 saturated carbocycles. The topological polar surface area (TPSA) is 64.4 Å². The summed E-state index contributed by atoms with van der Waals surface area (Å²) < 4.78 is 6.39. The number of carbonyl (C=O) groups excluding carboxylic acids is 1. The minimum absolute atomic E-state index is 0.0417. The van der Waals surface area contributed by atoms with Gasteiger partial charge in [-0.15, -0.1) is 0 Å². The third-order valence-corrected chi connectivity index (χ3v) is 3.44. The van der Waals surface area contributed by atoms with Crippen LogP contribution in [0.5, 0.6) is 0 Å². The zero-order valence-corrected chi connectivity index (χ0v) is 11.9. The molecule has 1 aliphatic heterocycles. The molecule has 1 aromatic carbocycles. The van der Waals surface area contributed by atoms with Crippen LogP contribution < -0.4 is 10.5 Å². The Hall–Kier alpha value is -2.63. The van der Waals surface area contributed by atoms with Gasteiger partial charge < -0.3 is 9.64 Å². The molecule has 0 saturated heterocycles. The fourth-order valence-corrected chi connectivity index (χ4v) is 2.47. The lowest BCUT2D eigenvalue weighted by molar-refractivity contribution is 0.0523. The summed E-state index contributed by atoms with van der Waals surface area (Å²) in [6.45, 7) is 2.43. The van der Waals surface area contributed by atoms with Gasteiger partial charge in [0.1, 0.15) is 11.4 Å². The van der Waals surface area contributed by atoms with Gasteiger partial charge in [0, 0.05) is 13.2 Å². The second-order valence-corrected chi connectivity index (χ2v) is 4.79. The molecule has 1 aliphatic rings. The highest BCUT2D eigenvalue weighted by Crippen LogP contribution is 2.28. The van der Waals surface area contributed by atoms with Crippen LogP contribution in [-0.2, 0) is 11.3 Å². The van der Waals surface area contributed by atoms with Gasteiger partial charge in [-0.3, -0.25) is 9.36 Å². The van der Waals surface area contributed by atoms with Crippen molar-refractivity contribution >= 4 is 11.7 Å². The second kappa shape index (κ2) is 5.05. The van der Waals surface area contributed by atoms with E-state index in [2.05, 4.69) is 4.98 Å². The molecule has 0 bridgehead atoms. The molecule has 108 valence electrons. The van der Waals surface area contributed by atoms with Crippen molar-refractivity contribution in [3.63, 3.8) is 0 Å². The monoisotopic (exact) mass is 285 g/mol. The number of rotatable bonds is 2. The Morgan fingerprint density at radius 2 is 2.05 bits per heavy atom. The zero-order chi connectivity index (χ0) is 15.0. The predicted molar refractivity (Wildman–Crippen MR) is 77.9 cm³/mol. The number of aromatic nitrogens is 2. The Morgan fingerprint density at radius 1 is 1.33 bits per heavy atom. The number of carbonyl (C=O) groups is 1. The van der Waals surface area contributed by atoms with Gasteiger partial charge in [0.05, 0.1) is 24.5 Å². The average Bonchev–Trinajstić information content (AvgIpc) is 2.48. The number of esters is 1. The van der Waals surface area contributed by atoms with E-state index in [0.29, 0.717) is 12.4 Å². The molecule has 0 fully saturated rings. The number of benzene rings is 1. The van der Waals surface area contributed by atoms with Crippen molar-refractivity contribution < 1.29 is 9.53 Å². The summed E-state index contributed by atoms with van der Waals surface area (Å²) in [6, 6.07) is 7.54. The van der Waals surface area contributed by atoms with Crippen LogP contribution in [0.25, 0.3) is 5.69 Å². The van der Waals surface area contributed by atoms with Crippen LogP contribution in [-0.4, -0.2) is 29.2 Å². The molecule has 0 spiro atoms. The quantitative estimate of drug-likeness (QED) is 0.780. The van der Waals surface area contributed by atoms with Crippen molar-refractivity contribution in [1.82, 2.24) is 9.55 Å². The molecule has 0 atom stereocenters. The van der Waals surface area contributed by atoms with Crippen LogP contribution in [0.3, 0.4) is 0 Å². The molecular weight excluding hydrogens is 270 g/mol. The SMILES string of the molecule is CCOC(=O)c1cnc2n(c1=O)-c1ccccc1N(C)C2. The summed E-state index contributed by atoms with van der Waals surface area (Å²) in [5.74, 6) is -0.0315. The summed E-state index contributed by atoms with van der Waals surface area (Å²) >= 11 is 0. The van der Waals surface area contributed by atoms with E-state index >= 15 is 0 Å². The van der Waals surface area contributed by atoms with E-state index in [1.165, 1.54) is 10.8 Å². The number of ether oxygens (including phenoxy) is 1. The van der Waals surface area contributed by atoms with Crippen molar-refractivity contribution in [1.29, 1.82) is 0 Å². The lowest BCUT2D eigenvalue weighted by Gasteiger charge is -2.29. The molecule has 21 heavy (non-hydrogen) atoms. The number of nitrogens with zero attached hydrogens (tertiary/aromatic N) is 3. The van der Waals surface area contributed by atoms with Crippen LogP contribution in [0.2, 0.25) is 0 Å². The highest BCUT2D eigenvalue weighted by atomic mass is 16.5. The van der Waals surface area contributed by atoms with Crippen molar-refractivity contribution in [3.8, 4) is 5.69 Å². The first-order valence-electron chi connectivity index (χ1n) is 6.72. The average molecular weight is 285 g/mol. The Kier molecular flexibility index (Phi) is 3.21. The second-order valence-electron chi connectivity index (χ2n) is 4.79. The maximum absolute atomic E-state index is 12.6. The Labute approximate surface area is 121 Å². The lowest BCUT2D eigenvalue weighted by Crippen LogP contribution is -2.36. The van der Waals surface area contributed by atoms with Crippen molar-refractivity contribution in [3.05, 3.63) is 52.2 Å². The van der Waals surface area contributed by atoms with Gasteiger partial charge in [-0.25, -0.2) is 9.78 Å². The van der Waals surface area contributed by atoms with E-state index in [9.17, 15) is 9.59 Å². The molecule has 6 nitrogen and oxygen atoms in total. The van der Waals surface area contributed by atoms with Crippen molar-refractivity contribution in [2.75, 3.05) is 18.6 Å². The Morgan fingerprint density at radius 3 is 2.76 bits per heavy atom. The van der Waals surface area contributed by atoms with Gasteiger partial charge in [0.2, 0.25) is 0 Å². The lowest BCUT2D eigenvalue weighted by atomic mass is 10.2. The first kappa shape index (κ1) is 13.4. The standard InChI is InChI=1S/C15H15N3O3/c1-3-21-15(20)10-8-16-13-9-17(2)11-6-4-5-7-12(11)18(13)14(10)19/h4-8H,3,9H2,1-2H3. The van der Waals surface area contributed by atoms with E-state index in [4.69, 9.17) is 4.74 Å². The summed E-state index contributed by atoms with van der Waals surface area (Å²) in [7, 11) is 1.94. The summed E-state index contributed by atoms with van der Waals surface area (Å²) in [6.07, 6.45) is 1.30. The highest BCUT2D eigenvalue weighted by molar-refractivity contribution is 5.88. The van der Waals surface area contributed by atoms with E-state index in [0.717, 1.165) is 11.4 Å². The summed E-state index contributed by atoms with van der Waals surface area (Å²) in [5, 5.41) is 0. The predicted octanol–water partition coefficient (Wildman–Crippen LogP) is 1.36. The molecule has 0 radical (unpaired) electrons. The molecule has 2 heterocycles. The molecule has 6 heteroatoms. The Bertz CT molecular complexity index is 767. The van der Waals surface area contributed by atoms with E-state index < -0.39 is 5.97 Å². The van der Waals surface area contributed by atoms with Crippen molar-refractivity contribution in [2.24, 2.45) is 0 Å². The summed E-state index contributed by atoms with van der Waals surface area (Å²) in [5.41, 5.74) is 1.22. The van der Waals surface area contributed by atoms with Crippen molar-refractivity contribution in [2.45, 2.75) is 13.5 Å². The zero-order valence-electron chi connectivity index (χ0n) is 11.9. The fourth-order valence-electron chi connectivity index (χ4n) is 2.47. The number of anilines is 1. The third kappa shape index (κ3) is 2.08. The van der Waals surface area contributed by atoms with Crippen LogP contribution in [0, 0.1) is 0 Å². The maximum Gasteiger partial charge on any atom is 0.345 e. The number of fused-ring (bicyclic) bond motifs is 3. The van der Waals surface area contributed by atoms with Gasteiger partial charge in [-0.05, 0) is 19.1 Å². The number of hydrogen-bond donors (Lipinski definition) is 0. The molecule has 0 N–H and O–H groups in total. The smallest absolute Gasteiger partial charge is 0.345 e. The fraction of sp³-hybridized carbons (Fsp3) is 0.267. The first-order chi connectivity index (χ1) is 10.1. The van der Waals surface area contributed by atoms with Crippen LogP contribution in [0.4, 0.5) is 5.69 Å². The molecule has 2 aromatic rings. The van der Waals surface area contributed by atoms with Crippen LogP contribution >= 0.6 is 0 Å². The van der Waals surface area contributed by atoms with E-state index in [-0.39, 0.29) is 17.7 Å². The van der Waals surface area contributed by atoms with Gasteiger partial charge in [0.15, 0.2) is 0 Å². The third-order valence-electron chi connectivity index (χ3n) is 3.44. The van der Waals surface area contributed by atoms with E-state index in [1.54, 1.807) is 6.92 Å². The molecular formula is C15H15N3O3. The maximum atomic E-state index is 12.6. The molecule has 0 aliphatic carbocycles. The molecule has 0 amide bonds. The number of para-hydroxylation sites is 2. The minimum Gasteiger partial charge on any atom is -0.462 e. The van der Waals surface area contributed by atoms with Gasteiger partial charge in [0.25, 0.3) is 5.56 Å². The van der Waals surface area contributed by atoms with E-state index in [1.807, 2.05) is 36.2 Å². The Balaban J connectivity index is 2.22. The van der Waals surface area contributed by atoms with Gasteiger partial charge in [-0.2, -0.15) is 0 Å². The van der Waals surface area contributed by atoms with Gasteiger partial charge >= 0.3 is 5.97 Å². The normalized spacial score (nSPS) is 12.6. The van der Waals surface area contributed by atoms with Crippen LogP contribution in [0.15, 0.2) is 35.3 Å². The highest BCUT2D eigenvalue weighted by Gasteiger charge is 2.24. The van der Waals surface area contributed by atoms with Crippen LogP contribution in [0.1, 0.15) is 23.1 Å². The number of hydrogen-bond acceptors (Lipinski definition) is 5. The molecule has 3 rings (SSSR count). The largest absolute Gasteiger partial charge is 0.462 e. The molecule has 1 aromatic heterocycles. The summed E-state index contributed by atoms with van der Waals surface area (Å²) in [4.78, 5) is 30.7. The van der Waals surface area contributed by atoms with Gasteiger partial charge in [-0.1, -0.05) is 12.1 Å². The first-order valence-corrected chi connectivity index (χ1v) is 6.72. The molecule has 0 unspecified atom stereocenters. The minimum atomic E-state index is -0.637.